The molecule has 0 saturated carbocycles. The van der Waals surface area contributed by atoms with Gasteiger partial charge in [0, 0.05) is 28.9 Å². The van der Waals surface area contributed by atoms with Crippen LogP contribution in [0.15, 0.2) is 83.8 Å². The van der Waals surface area contributed by atoms with Gasteiger partial charge in [0.1, 0.15) is 22.2 Å². The highest BCUT2D eigenvalue weighted by Crippen LogP contribution is 2.31. The molecule has 0 aromatic heterocycles. The first-order valence-corrected chi connectivity index (χ1v) is 13.4. The Kier molecular flexibility index (Phi) is 8.32. The van der Waals surface area contributed by atoms with Crippen molar-refractivity contribution in [3.63, 3.8) is 0 Å². The van der Waals surface area contributed by atoms with E-state index < -0.39 is 21.8 Å². The number of rotatable bonds is 9. The molecule has 0 amide bonds. The average Bonchev–Trinajstić information content (AvgIpc) is 2.85. The lowest BCUT2D eigenvalue weighted by atomic mass is 10.1. The van der Waals surface area contributed by atoms with Gasteiger partial charge in [-0.3, -0.25) is 4.72 Å². The van der Waals surface area contributed by atoms with Gasteiger partial charge in [-0.1, -0.05) is 53.0 Å². The molecule has 4 aromatic rings. The molecule has 38 heavy (non-hydrogen) atoms. The minimum atomic E-state index is -4.22. The topological polar surface area (TPSA) is 105 Å². The fourth-order valence-electron chi connectivity index (χ4n) is 3.43. The Morgan fingerprint density at radius 3 is 2.37 bits per heavy atom. The number of carbonyl (C=O) groups is 1. The molecule has 0 bridgehead atoms. The number of carboxylic acid groups (broad SMARTS) is 1. The van der Waals surface area contributed by atoms with Crippen LogP contribution in [0.4, 0.5) is 15.8 Å². The third-order valence-electron chi connectivity index (χ3n) is 5.23. The van der Waals surface area contributed by atoms with Crippen molar-refractivity contribution >= 4 is 62.2 Å². The van der Waals surface area contributed by atoms with E-state index in [4.69, 9.17) is 39.5 Å². The molecule has 12 heteroatoms. The summed E-state index contributed by atoms with van der Waals surface area (Å²) in [5.74, 6) is -1.38. The van der Waals surface area contributed by atoms with Crippen molar-refractivity contribution in [1.82, 2.24) is 0 Å². The molecule has 0 spiro atoms. The van der Waals surface area contributed by atoms with E-state index >= 15 is 0 Å². The second kappa shape index (κ2) is 11.5. The van der Waals surface area contributed by atoms with Gasteiger partial charge in [-0.05, 0) is 54.6 Å². The monoisotopic (exact) mass is 594 g/mol. The van der Waals surface area contributed by atoms with E-state index in [2.05, 4.69) is 10.0 Å². The zero-order valence-electron chi connectivity index (χ0n) is 19.2. The van der Waals surface area contributed by atoms with E-state index in [0.717, 1.165) is 0 Å². The van der Waals surface area contributed by atoms with Crippen LogP contribution in [-0.4, -0.2) is 19.5 Å². The Labute approximate surface area is 232 Å². The largest absolute Gasteiger partial charge is 0.478 e. The van der Waals surface area contributed by atoms with Crippen molar-refractivity contribution in [2.75, 3.05) is 10.0 Å². The third-order valence-corrected chi connectivity index (χ3v) is 7.61. The van der Waals surface area contributed by atoms with Crippen molar-refractivity contribution in [3.05, 3.63) is 111 Å². The lowest BCUT2D eigenvalue weighted by Gasteiger charge is -2.14. The molecule has 4 aromatic carbocycles. The fraction of sp³-hybridized carbons (Fsp3) is 0.0385. The molecule has 0 atom stereocenters. The summed E-state index contributed by atoms with van der Waals surface area (Å²) < 4.78 is 47.8. The number of hydrogen-bond donors (Lipinski definition) is 3. The van der Waals surface area contributed by atoms with E-state index in [1.807, 2.05) is 0 Å². The Morgan fingerprint density at radius 1 is 0.895 bits per heavy atom. The second-order valence-electron chi connectivity index (χ2n) is 7.89. The molecule has 0 radical (unpaired) electrons. The van der Waals surface area contributed by atoms with Crippen LogP contribution in [0, 0.1) is 5.82 Å². The number of halogens is 4. The van der Waals surface area contributed by atoms with Crippen LogP contribution < -0.4 is 14.8 Å². The first-order chi connectivity index (χ1) is 18.0. The van der Waals surface area contributed by atoms with E-state index in [1.165, 1.54) is 42.5 Å². The first-order valence-electron chi connectivity index (χ1n) is 10.8. The SMILES string of the molecule is O=C(O)c1cc(Oc2cccc(NCc3cccc(Cl)c3F)c2)ccc1NS(=O)(=O)c1ccc(Cl)cc1Cl. The Hall–Kier alpha value is -3.50. The normalized spacial score (nSPS) is 11.2. The molecule has 4 rings (SSSR count). The summed E-state index contributed by atoms with van der Waals surface area (Å²) in [5.41, 5.74) is 0.467. The number of anilines is 2. The van der Waals surface area contributed by atoms with Gasteiger partial charge in [-0.2, -0.15) is 0 Å². The van der Waals surface area contributed by atoms with E-state index in [9.17, 15) is 22.7 Å². The maximum Gasteiger partial charge on any atom is 0.337 e. The lowest BCUT2D eigenvalue weighted by Crippen LogP contribution is -2.16. The second-order valence-corrected chi connectivity index (χ2v) is 10.8. The molecule has 0 aliphatic carbocycles. The zero-order chi connectivity index (χ0) is 27.4. The molecule has 0 aliphatic heterocycles. The summed E-state index contributed by atoms with van der Waals surface area (Å²) in [5, 5.41) is 12.9. The van der Waals surface area contributed by atoms with Gasteiger partial charge in [0.05, 0.1) is 21.3 Å². The van der Waals surface area contributed by atoms with Gasteiger partial charge in [-0.25, -0.2) is 17.6 Å². The van der Waals surface area contributed by atoms with Crippen LogP contribution in [0.5, 0.6) is 11.5 Å². The van der Waals surface area contributed by atoms with Crippen LogP contribution in [-0.2, 0) is 16.6 Å². The summed E-state index contributed by atoms with van der Waals surface area (Å²) in [4.78, 5) is 11.6. The minimum absolute atomic E-state index is 0.0256. The molecule has 196 valence electrons. The van der Waals surface area contributed by atoms with Crippen molar-refractivity contribution < 1.29 is 27.4 Å². The number of aromatic carboxylic acids is 1. The molecular weight excluding hydrogens is 578 g/mol. The van der Waals surface area contributed by atoms with Crippen LogP contribution in [0.1, 0.15) is 15.9 Å². The van der Waals surface area contributed by atoms with Crippen LogP contribution >= 0.6 is 34.8 Å². The van der Waals surface area contributed by atoms with Crippen molar-refractivity contribution in [1.29, 1.82) is 0 Å². The quantitative estimate of drug-likeness (QED) is 0.183. The van der Waals surface area contributed by atoms with Gasteiger partial charge < -0.3 is 15.2 Å². The maximum absolute atomic E-state index is 14.1. The molecule has 0 fully saturated rings. The Bertz CT molecular complexity index is 1630. The Balaban J connectivity index is 1.52. The van der Waals surface area contributed by atoms with Crippen molar-refractivity contribution in [2.45, 2.75) is 11.4 Å². The number of ether oxygens (including phenoxy) is 1. The lowest BCUT2D eigenvalue weighted by molar-refractivity contribution is 0.0697. The van der Waals surface area contributed by atoms with Gasteiger partial charge in [0.15, 0.2) is 0 Å². The van der Waals surface area contributed by atoms with E-state index in [1.54, 1.807) is 36.4 Å². The highest BCUT2D eigenvalue weighted by atomic mass is 35.5. The number of hydrogen-bond acceptors (Lipinski definition) is 5. The van der Waals surface area contributed by atoms with Gasteiger partial charge in [0.2, 0.25) is 0 Å². The summed E-state index contributed by atoms with van der Waals surface area (Å²) in [6.07, 6.45) is 0. The predicted octanol–water partition coefficient (Wildman–Crippen LogP) is 7.69. The van der Waals surface area contributed by atoms with Crippen LogP contribution in [0.3, 0.4) is 0 Å². The Morgan fingerprint density at radius 2 is 1.63 bits per heavy atom. The molecule has 3 N–H and O–H groups in total. The predicted molar refractivity (Wildman–Crippen MR) is 146 cm³/mol. The summed E-state index contributed by atoms with van der Waals surface area (Å²) in [6, 6.07) is 19.1. The molecule has 0 aliphatic rings. The van der Waals surface area contributed by atoms with Gasteiger partial charge in [-0.15, -0.1) is 0 Å². The smallest absolute Gasteiger partial charge is 0.337 e. The van der Waals surface area contributed by atoms with Gasteiger partial charge >= 0.3 is 5.97 Å². The zero-order valence-corrected chi connectivity index (χ0v) is 22.3. The van der Waals surface area contributed by atoms with Gasteiger partial charge in [0.25, 0.3) is 10.0 Å². The molecule has 7 nitrogen and oxygen atoms in total. The highest BCUT2D eigenvalue weighted by Gasteiger charge is 2.22. The highest BCUT2D eigenvalue weighted by molar-refractivity contribution is 7.92. The number of carboxylic acids is 1. The van der Waals surface area contributed by atoms with Crippen molar-refractivity contribution in [2.24, 2.45) is 0 Å². The minimum Gasteiger partial charge on any atom is -0.478 e. The standard InChI is InChI=1S/C26H18Cl3FN2O5S/c27-16-7-10-24(22(29)11-16)38(35,36)32-23-9-8-19(13-20(23)26(33)34)37-18-5-2-4-17(12-18)31-14-15-3-1-6-21(28)25(15)30/h1-13,31-32H,14H2,(H,33,34). The van der Waals surface area contributed by atoms with Crippen LogP contribution in [0.2, 0.25) is 15.1 Å². The van der Waals surface area contributed by atoms with E-state index in [-0.39, 0.29) is 43.5 Å². The summed E-state index contributed by atoms with van der Waals surface area (Å²) in [6.45, 7) is 0.172. The fourth-order valence-corrected chi connectivity index (χ4v) is 5.48. The number of sulfonamides is 1. The molecule has 0 saturated heterocycles. The molecule has 0 heterocycles. The average molecular weight is 596 g/mol. The van der Waals surface area contributed by atoms with E-state index in [0.29, 0.717) is 17.0 Å². The molecular formula is C26H18Cl3FN2O5S. The first kappa shape index (κ1) is 27.5. The molecule has 0 unspecified atom stereocenters. The third kappa shape index (κ3) is 6.49. The van der Waals surface area contributed by atoms with Crippen molar-refractivity contribution in [3.8, 4) is 11.5 Å². The summed E-state index contributed by atoms with van der Waals surface area (Å²) in [7, 11) is -4.22. The number of nitrogens with one attached hydrogen (secondary N) is 2. The maximum atomic E-state index is 14.1. The van der Waals surface area contributed by atoms with Crippen LogP contribution in [0.25, 0.3) is 0 Å². The number of benzene rings is 4. The summed E-state index contributed by atoms with van der Waals surface area (Å²) >= 11 is 17.7.